The number of imidazole rings is 1. The van der Waals surface area contributed by atoms with E-state index in [0.29, 0.717) is 15.9 Å². The van der Waals surface area contributed by atoms with Crippen LogP contribution in [0.25, 0.3) is 16.9 Å². The van der Waals surface area contributed by atoms with E-state index >= 15 is 0 Å². The lowest BCUT2D eigenvalue weighted by Crippen LogP contribution is -1.87. The Kier molecular flexibility index (Phi) is 4.85. The fourth-order valence-corrected chi connectivity index (χ4v) is 4.12. The zero-order valence-electron chi connectivity index (χ0n) is 14.4. The summed E-state index contributed by atoms with van der Waals surface area (Å²) < 4.78 is 3.41. The first-order valence-corrected chi connectivity index (χ1v) is 9.88. The third-order valence-electron chi connectivity index (χ3n) is 4.19. The topological polar surface area (TPSA) is 49.9 Å². The summed E-state index contributed by atoms with van der Waals surface area (Å²) in [5.41, 5.74) is 4.37. The molecule has 2 aromatic carbocycles. The van der Waals surface area contributed by atoms with Crippen molar-refractivity contribution in [1.82, 2.24) is 9.38 Å². The lowest BCUT2D eigenvalue weighted by atomic mass is 10.1. The van der Waals surface area contributed by atoms with Crippen LogP contribution in [0.5, 0.6) is 5.75 Å². The van der Waals surface area contributed by atoms with E-state index in [1.165, 1.54) is 0 Å². The van der Waals surface area contributed by atoms with Gasteiger partial charge in [0.1, 0.15) is 17.1 Å². The molecule has 0 aliphatic rings. The van der Waals surface area contributed by atoms with Crippen LogP contribution in [0, 0.1) is 6.92 Å². The maximum absolute atomic E-state index is 10.3. The van der Waals surface area contributed by atoms with Crippen LogP contribution in [0.15, 0.2) is 74.7 Å². The predicted molar refractivity (Wildman–Crippen MR) is 116 cm³/mol. The molecule has 0 aliphatic heterocycles. The van der Waals surface area contributed by atoms with E-state index in [2.05, 4.69) is 36.9 Å². The first-order valence-electron chi connectivity index (χ1n) is 8.29. The zero-order chi connectivity index (χ0) is 19.0. The van der Waals surface area contributed by atoms with E-state index in [4.69, 9.17) is 4.98 Å². The van der Waals surface area contributed by atoms with Crippen molar-refractivity contribution < 1.29 is 5.11 Å². The van der Waals surface area contributed by atoms with E-state index in [0.717, 1.165) is 26.9 Å². The highest BCUT2D eigenvalue weighted by Gasteiger charge is 2.14. The average molecular weight is 485 g/mol. The van der Waals surface area contributed by atoms with E-state index in [1.807, 2.05) is 66.1 Å². The number of aromatic hydroxyl groups is 1. The SMILES string of the molecule is Cc1ccn2c(N=Cc3cc(Br)cc(Br)c3O)c(-c3ccccc3)nc2c1. The molecule has 0 spiro atoms. The Bertz CT molecular complexity index is 1170. The maximum atomic E-state index is 10.3. The minimum Gasteiger partial charge on any atom is -0.506 e. The summed E-state index contributed by atoms with van der Waals surface area (Å²) in [5, 5.41) is 10.3. The van der Waals surface area contributed by atoms with Crippen molar-refractivity contribution in [2.24, 2.45) is 4.99 Å². The number of benzene rings is 2. The molecule has 1 N–H and O–H groups in total. The van der Waals surface area contributed by atoms with Crippen LogP contribution in [0.4, 0.5) is 5.82 Å². The van der Waals surface area contributed by atoms with Crippen molar-refractivity contribution in [3.63, 3.8) is 0 Å². The molecule has 0 aliphatic carbocycles. The normalized spacial score (nSPS) is 11.5. The molecule has 2 heterocycles. The molecule has 0 radical (unpaired) electrons. The average Bonchev–Trinajstić information content (AvgIpc) is 3.01. The van der Waals surface area contributed by atoms with Gasteiger partial charge in [0.2, 0.25) is 0 Å². The number of aryl methyl sites for hydroxylation is 1. The molecule has 6 heteroatoms. The van der Waals surface area contributed by atoms with Gasteiger partial charge in [-0.1, -0.05) is 46.3 Å². The van der Waals surface area contributed by atoms with Crippen molar-refractivity contribution in [3.8, 4) is 17.0 Å². The molecule has 0 unspecified atom stereocenters. The van der Waals surface area contributed by atoms with Gasteiger partial charge >= 0.3 is 0 Å². The Morgan fingerprint density at radius 2 is 1.85 bits per heavy atom. The van der Waals surface area contributed by atoms with Crippen LogP contribution < -0.4 is 0 Å². The number of hydrogen-bond donors (Lipinski definition) is 1. The summed E-state index contributed by atoms with van der Waals surface area (Å²) in [7, 11) is 0. The Morgan fingerprint density at radius 1 is 1.07 bits per heavy atom. The molecule has 2 aromatic heterocycles. The van der Waals surface area contributed by atoms with E-state index in [9.17, 15) is 5.11 Å². The number of fused-ring (bicyclic) bond motifs is 1. The monoisotopic (exact) mass is 483 g/mol. The first-order chi connectivity index (χ1) is 13.0. The molecule has 4 nitrogen and oxygen atoms in total. The minimum atomic E-state index is 0.146. The summed E-state index contributed by atoms with van der Waals surface area (Å²) in [6, 6.07) is 17.6. The van der Waals surface area contributed by atoms with Gasteiger partial charge in [-0.05, 0) is 52.7 Å². The third kappa shape index (κ3) is 3.55. The lowest BCUT2D eigenvalue weighted by molar-refractivity contribution is 0.471. The molecule has 0 fully saturated rings. The smallest absolute Gasteiger partial charge is 0.165 e. The molecule has 4 rings (SSSR count). The number of rotatable bonds is 3. The Labute approximate surface area is 173 Å². The summed E-state index contributed by atoms with van der Waals surface area (Å²) in [5.74, 6) is 0.861. The van der Waals surface area contributed by atoms with Gasteiger partial charge < -0.3 is 5.11 Å². The largest absolute Gasteiger partial charge is 0.506 e. The van der Waals surface area contributed by atoms with Gasteiger partial charge in [0.15, 0.2) is 5.82 Å². The summed E-state index contributed by atoms with van der Waals surface area (Å²) in [6.45, 7) is 2.04. The van der Waals surface area contributed by atoms with Crippen LogP contribution >= 0.6 is 31.9 Å². The Hall–Kier alpha value is -2.44. The van der Waals surface area contributed by atoms with Gasteiger partial charge in [-0.2, -0.15) is 0 Å². The van der Waals surface area contributed by atoms with Crippen molar-refractivity contribution in [3.05, 3.63) is 80.9 Å². The van der Waals surface area contributed by atoms with E-state index < -0.39 is 0 Å². The van der Waals surface area contributed by atoms with E-state index in [-0.39, 0.29) is 5.75 Å². The highest BCUT2D eigenvalue weighted by molar-refractivity contribution is 9.11. The molecular formula is C21H15Br2N3O. The van der Waals surface area contributed by atoms with Crippen LogP contribution in [0.1, 0.15) is 11.1 Å². The fraction of sp³-hybridized carbons (Fsp3) is 0.0476. The van der Waals surface area contributed by atoms with Gasteiger partial charge in [-0.25, -0.2) is 9.98 Å². The second-order valence-corrected chi connectivity index (χ2v) is 7.94. The predicted octanol–water partition coefficient (Wildman–Crippen LogP) is 6.29. The first kappa shape index (κ1) is 17.9. The molecule has 0 amide bonds. The standard InChI is InChI=1S/C21H15Br2N3O/c1-13-7-8-26-18(9-13)25-19(14-5-3-2-4-6-14)21(26)24-12-15-10-16(22)11-17(23)20(15)27/h2-12,27H,1H3. The molecule has 0 atom stereocenters. The van der Waals surface area contributed by atoms with Crippen molar-refractivity contribution >= 4 is 49.5 Å². The van der Waals surface area contributed by atoms with Crippen LogP contribution in [-0.4, -0.2) is 20.7 Å². The number of aromatic nitrogens is 2. The van der Waals surface area contributed by atoms with Gasteiger partial charge in [-0.15, -0.1) is 0 Å². The summed E-state index contributed by atoms with van der Waals surface area (Å²) >= 11 is 6.80. The summed E-state index contributed by atoms with van der Waals surface area (Å²) in [4.78, 5) is 9.47. The third-order valence-corrected chi connectivity index (χ3v) is 5.25. The Balaban J connectivity index is 1.90. The van der Waals surface area contributed by atoms with Crippen molar-refractivity contribution in [2.75, 3.05) is 0 Å². The minimum absolute atomic E-state index is 0.146. The quantitative estimate of drug-likeness (QED) is 0.347. The Morgan fingerprint density at radius 3 is 2.63 bits per heavy atom. The molecule has 27 heavy (non-hydrogen) atoms. The van der Waals surface area contributed by atoms with Crippen molar-refractivity contribution in [1.29, 1.82) is 0 Å². The molecule has 4 aromatic rings. The number of hydrogen-bond acceptors (Lipinski definition) is 3. The van der Waals surface area contributed by atoms with Gasteiger partial charge in [0.25, 0.3) is 0 Å². The zero-order valence-corrected chi connectivity index (χ0v) is 17.6. The second-order valence-electron chi connectivity index (χ2n) is 6.17. The van der Waals surface area contributed by atoms with Crippen LogP contribution in [0.3, 0.4) is 0 Å². The maximum Gasteiger partial charge on any atom is 0.165 e. The molecule has 0 saturated heterocycles. The van der Waals surface area contributed by atoms with Crippen LogP contribution in [0.2, 0.25) is 0 Å². The van der Waals surface area contributed by atoms with Gasteiger partial charge in [0, 0.05) is 28.0 Å². The summed E-state index contributed by atoms with van der Waals surface area (Å²) in [6.07, 6.45) is 3.62. The number of halogens is 2. The fourth-order valence-electron chi connectivity index (χ4n) is 2.86. The highest BCUT2D eigenvalue weighted by Crippen LogP contribution is 2.33. The number of aliphatic imine (C=N–C) groups is 1. The van der Waals surface area contributed by atoms with Crippen molar-refractivity contribution in [2.45, 2.75) is 6.92 Å². The van der Waals surface area contributed by atoms with E-state index in [1.54, 1.807) is 12.3 Å². The second kappa shape index (κ2) is 7.29. The van der Waals surface area contributed by atoms with Gasteiger partial charge in [0.05, 0.1) is 4.47 Å². The molecule has 0 saturated carbocycles. The molecular weight excluding hydrogens is 470 g/mol. The lowest BCUT2D eigenvalue weighted by Gasteiger charge is -2.04. The van der Waals surface area contributed by atoms with Crippen LogP contribution in [-0.2, 0) is 0 Å². The van der Waals surface area contributed by atoms with Gasteiger partial charge in [-0.3, -0.25) is 4.40 Å². The number of phenols is 1. The number of pyridine rings is 1. The number of phenolic OH excluding ortho intramolecular Hbond substituents is 1. The molecule has 134 valence electrons. The highest BCUT2D eigenvalue weighted by atomic mass is 79.9. The number of nitrogens with zero attached hydrogens (tertiary/aromatic N) is 3. The molecule has 0 bridgehead atoms.